The van der Waals surface area contributed by atoms with Gasteiger partial charge < -0.3 is 10.3 Å². The van der Waals surface area contributed by atoms with E-state index in [9.17, 15) is 4.79 Å². The van der Waals surface area contributed by atoms with Gasteiger partial charge in [-0.1, -0.05) is 18.2 Å². The number of Topliss-reactive ketones (excluding diaryl/α,β-unsaturated/α-hetero) is 1. The van der Waals surface area contributed by atoms with Crippen LogP contribution in [0.1, 0.15) is 33.3 Å². The summed E-state index contributed by atoms with van der Waals surface area (Å²) in [5, 5.41) is 1.19. The van der Waals surface area contributed by atoms with Crippen molar-refractivity contribution in [3.05, 3.63) is 36.0 Å². The van der Waals surface area contributed by atoms with Gasteiger partial charge in [0, 0.05) is 22.6 Å². The number of aromatic nitrogens is 1. The molecule has 0 amide bonds. The van der Waals surface area contributed by atoms with Crippen LogP contribution in [0.3, 0.4) is 0 Å². The lowest BCUT2D eigenvalue weighted by molar-refractivity contribution is -0.118. The van der Waals surface area contributed by atoms with Gasteiger partial charge in [-0.3, -0.25) is 4.79 Å². The Kier molecular flexibility index (Phi) is 3.50. The van der Waals surface area contributed by atoms with Crippen LogP contribution in [-0.2, 0) is 16.8 Å². The minimum atomic E-state index is -0.417. The first-order valence-corrected chi connectivity index (χ1v) is 6.66. The Bertz CT molecular complexity index is 605. The summed E-state index contributed by atoms with van der Waals surface area (Å²) in [6.07, 6.45) is 2.73. The largest absolute Gasteiger partial charge is 0.342 e. The fourth-order valence-electron chi connectivity index (χ4n) is 2.35. The van der Waals surface area contributed by atoms with Crippen LogP contribution in [-0.4, -0.2) is 16.4 Å². The molecule has 1 aromatic heterocycles. The smallest absolute Gasteiger partial charge is 0.146 e. The van der Waals surface area contributed by atoms with Crippen molar-refractivity contribution >= 4 is 16.7 Å². The Labute approximate surface area is 114 Å². The quantitative estimate of drug-likeness (QED) is 0.920. The van der Waals surface area contributed by atoms with E-state index >= 15 is 0 Å². The molecule has 0 saturated carbocycles. The molecule has 2 N–H and O–H groups in total. The van der Waals surface area contributed by atoms with Crippen molar-refractivity contribution in [2.75, 3.05) is 0 Å². The Morgan fingerprint density at radius 1 is 1.32 bits per heavy atom. The molecule has 0 fully saturated rings. The second-order valence-electron chi connectivity index (χ2n) is 6.13. The minimum absolute atomic E-state index is 0.0121. The van der Waals surface area contributed by atoms with Crippen molar-refractivity contribution in [2.24, 2.45) is 5.73 Å². The molecule has 1 heterocycles. The van der Waals surface area contributed by atoms with Crippen molar-refractivity contribution in [2.45, 2.75) is 45.7 Å². The minimum Gasteiger partial charge on any atom is -0.342 e. The summed E-state index contributed by atoms with van der Waals surface area (Å²) < 4.78 is 2.25. The van der Waals surface area contributed by atoms with E-state index in [1.807, 2.05) is 12.1 Å². The molecule has 0 unspecified atom stereocenters. The highest BCUT2D eigenvalue weighted by Crippen LogP contribution is 2.28. The van der Waals surface area contributed by atoms with Crippen molar-refractivity contribution in [3.8, 4) is 0 Å². The molecular formula is C16H22N2O. The van der Waals surface area contributed by atoms with Gasteiger partial charge in [-0.05, 0) is 45.7 Å². The average Bonchev–Trinajstić information content (AvgIpc) is 2.68. The van der Waals surface area contributed by atoms with Gasteiger partial charge in [0.1, 0.15) is 5.78 Å². The molecule has 0 radical (unpaired) electrons. The zero-order chi connectivity index (χ0) is 14.2. The van der Waals surface area contributed by atoms with Crippen molar-refractivity contribution in [1.29, 1.82) is 0 Å². The molecule has 3 heteroatoms. The maximum Gasteiger partial charge on any atom is 0.146 e. The van der Waals surface area contributed by atoms with Gasteiger partial charge in [0.25, 0.3) is 0 Å². The predicted octanol–water partition coefficient (Wildman–Crippen LogP) is 2.86. The maximum absolute atomic E-state index is 11.4. The Morgan fingerprint density at radius 2 is 1.95 bits per heavy atom. The van der Waals surface area contributed by atoms with Crippen LogP contribution < -0.4 is 5.73 Å². The molecule has 3 nitrogen and oxygen atoms in total. The van der Waals surface area contributed by atoms with E-state index in [1.165, 1.54) is 10.9 Å². The standard InChI is InChI=1S/C16H22N2O/c1-11(19)14(17)9-12-10-18(16(2,3)4)15-8-6-5-7-13(12)15/h5-8,10,14H,9,17H2,1-4H3/t14-/m0/s1. The number of carbonyl (C=O) groups excluding carboxylic acids is 1. The molecule has 0 aliphatic rings. The summed E-state index contributed by atoms with van der Waals surface area (Å²) in [5.74, 6) is 0.0348. The normalized spacial score (nSPS) is 13.7. The predicted molar refractivity (Wildman–Crippen MR) is 79.3 cm³/mol. The van der Waals surface area contributed by atoms with Crippen molar-refractivity contribution in [1.82, 2.24) is 4.57 Å². The van der Waals surface area contributed by atoms with Crippen molar-refractivity contribution < 1.29 is 4.79 Å². The number of ketones is 1. The van der Waals surface area contributed by atoms with Gasteiger partial charge in [0.05, 0.1) is 6.04 Å². The van der Waals surface area contributed by atoms with Gasteiger partial charge >= 0.3 is 0 Å². The third kappa shape index (κ3) is 2.71. The number of hydrogen-bond acceptors (Lipinski definition) is 2. The number of nitrogens with two attached hydrogens (primary N) is 1. The van der Waals surface area contributed by atoms with E-state index in [0.717, 1.165) is 5.56 Å². The first kappa shape index (κ1) is 13.8. The first-order chi connectivity index (χ1) is 8.80. The maximum atomic E-state index is 11.4. The van der Waals surface area contributed by atoms with Gasteiger partial charge in [-0.2, -0.15) is 0 Å². The molecule has 0 aliphatic heterocycles. The van der Waals surface area contributed by atoms with Crippen LogP contribution in [0, 0.1) is 0 Å². The first-order valence-electron chi connectivity index (χ1n) is 6.66. The highest BCUT2D eigenvalue weighted by Gasteiger charge is 2.19. The molecule has 2 rings (SSSR count). The molecular weight excluding hydrogens is 236 g/mol. The van der Waals surface area contributed by atoms with Crippen molar-refractivity contribution in [3.63, 3.8) is 0 Å². The third-order valence-corrected chi connectivity index (χ3v) is 3.48. The van der Waals surface area contributed by atoms with Crippen LogP contribution in [0.15, 0.2) is 30.5 Å². The zero-order valence-corrected chi connectivity index (χ0v) is 12.1. The van der Waals surface area contributed by atoms with Crippen LogP contribution >= 0.6 is 0 Å². The number of fused-ring (bicyclic) bond motifs is 1. The van der Waals surface area contributed by atoms with E-state index in [4.69, 9.17) is 5.73 Å². The van der Waals surface area contributed by atoms with E-state index in [-0.39, 0.29) is 11.3 Å². The molecule has 0 saturated heterocycles. The van der Waals surface area contributed by atoms with Crippen LogP contribution in [0.25, 0.3) is 10.9 Å². The van der Waals surface area contributed by atoms with E-state index < -0.39 is 6.04 Å². The van der Waals surface area contributed by atoms with Gasteiger partial charge in [0.2, 0.25) is 0 Å². The molecule has 2 aromatic rings. The number of benzene rings is 1. The van der Waals surface area contributed by atoms with Gasteiger partial charge in [0.15, 0.2) is 0 Å². The molecule has 1 aromatic carbocycles. The monoisotopic (exact) mass is 258 g/mol. The SMILES string of the molecule is CC(=O)[C@@H](N)Cc1cn(C(C)(C)C)c2ccccc12. The van der Waals surface area contributed by atoms with E-state index in [2.05, 4.69) is 43.7 Å². The molecule has 1 atom stereocenters. The topological polar surface area (TPSA) is 48.0 Å². The lowest BCUT2D eigenvalue weighted by atomic mass is 10.0. The summed E-state index contributed by atoms with van der Waals surface area (Å²) >= 11 is 0. The molecule has 0 aliphatic carbocycles. The Morgan fingerprint density at radius 3 is 2.53 bits per heavy atom. The summed E-state index contributed by atoms with van der Waals surface area (Å²) in [5.41, 5.74) is 8.25. The fourth-order valence-corrected chi connectivity index (χ4v) is 2.35. The number of hydrogen-bond donors (Lipinski definition) is 1. The average molecular weight is 258 g/mol. The number of para-hydroxylation sites is 1. The molecule has 102 valence electrons. The zero-order valence-electron chi connectivity index (χ0n) is 12.1. The Balaban J connectivity index is 2.54. The Hall–Kier alpha value is -1.61. The second kappa shape index (κ2) is 4.82. The van der Waals surface area contributed by atoms with Crippen LogP contribution in [0.5, 0.6) is 0 Å². The number of carbonyl (C=O) groups is 1. The second-order valence-corrected chi connectivity index (χ2v) is 6.13. The molecule has 0 bridgehead atoms. The highest BCUT2D eigenvalue weighted by atomic mass is 16.1. The van der Waals surface area contributed by atoms with E-state index in [1.54, 1.807) is 6.92 Å². The van der Waals surface area contributed by atoms with Gasteiger partial charge in [-0.15, -0.1) is 0 Å². The fraction of sp³-hybridized carbons (Fsp3) is 0.438. The lowest BCUT2D eigenvalue weighted by Crippen LogP contribution is -2.30. The summed E-state index contributed by atoms with van der Waals surface area (Å²) in [6.45, 7) is 8.07. The third-order valence-electron chi connectivity index (χ3n) is 3.48. The van der Waals surface area contributed by atoms with Gasteiger partial charge in [-0.25, -0.2) is 0 Å². The summed E-state index contributed by atoms with van der Waals surface area (Å²) in [4.78, 5) is 11.4. The van der Waals surface area contributed by atoms with E-state index in [0.29, 0.717) is 6.42 Å². The molecule has 0 spiro atoms. The summed E-state index contributed by atoms with van der Waals surface area (Å²) in [6, 6.07) is 7.86. The van der Waals surface area contributed by atoms with Crippen LogP contribution in [0.4, 0.5) is 0 Å². The number of nitrogens with zero attached hydrogens (tertiary/aromatic N) is 1. The molecule has 19 heavy (non-hydrogen) atoms. The lowest BCUT2D eigenvalue weighted by Gasteiger charge is -2.22. The van der Waals surface area contributed by atoms with Crippen LogP contribution in [0.2, 0.25) is 0 Å². The number of rotatable bonds is 3. The summed E-state index contributed by atoms with van der Waals surface area (Å²) in [7, 11) is 0. The highest BCUT2D eigenvalue weighted by molar-refractivity contribution is 5.86.